The number of hydrogen-bond donors (Lipinski definition) is 1. The molecular formula is C23H24N2O4. The maximum atomic E-state index is 10.9. The average molecular weight is 392 g/mol. The van der Waals surface area contributed by atoms with Gasteiger partial charge in [-0.2, -0.15) is 0 Å². The van der Waals surface area contributed by atoms with Gasteiger partial charge in [0.2, 0.25) is 0 Å². The molecule has 0 unspecified atom stereocenters. The van der Waals surface area contributed by atoms with Crippen LogP contribution in [-0.2, 0) is 12.8 Å². The van der Waals surface area contributed by atoms with Crippen LogP contribution in [0.2, 0.25) is 0 Å². The molecule has 0 amide bonds. The van der Waals surface area contributed by atoms with E-state index in [9.17, 15) is 5.11 Å². The Kier molecular flexibility index (Phi) is 5.91. The van der Waals surface area contributed by atoms with Crippen LogP contribution >= 0.6 is 0 Å². The first-order valence-electron chi connectivity index (χ1n) is 9.68. The monoisotopic (exact) mass is 392 g/mol. The molecule has 0 saturated carbocycles. The van der Waals surface area contributed by atoms with E-state index in [0.29, 0.717) is 37.6 Å². The second kappa shape index (κ2) is 8.92. The second-order valence-corrected chi connectivity index (χ2v) is 7.07. The third-order valence-electron chi connectivity index (χ3n) is 5.07. The zero-order valence-electron chi connectivity index (χ0n) is 16.3. The van der Waals surface area contributed by atoms with E-state index in [1.54, 1.807) is 19.5 Å². The van der Waals surface area contributed by atoms with Crippen LogP contribution < -0.4 is 14.2 Å². The highest BCUT2D eigenvalue weighted by Crippen LogP contribution is 2.38. The van der Waals surface area contributed by atoms with Crippen molar-refractivity contribution in [2.45, 2.75) is 18.9 Å². The van der Waals surface area contributed by atoms with Crippen LogP contribution in [0.3, 0.4) is 0 Å². The summed E-state index contributed by atoms with van der Waals surface area (Å²) >= 11 is 0. The molecule has 6 heteroatoms. The van der Waals surface area contributed by atoms with Crippen molar-refractivity contribution in [3.63, 3.8) is 0 Å². The Morgan fingerprint density at radius 2 is 2.07 bits per heavy atom. The fourth-order valence-electron chi connectivity index (χ4n) is 3.51. The lowest BCUT2D eigenvalue weighted by Crippen LogP contribution is -2.27. The van der Waals surface area contributed by atoms with Crippen molar-refractivity contribution in [3.05, 3.63) is 77.9 Å². The summed E-state index contributed by atoms with van der Waals surface area (Å²) in [6, 6.07) is 13.2. The molecule has 29 heavy (non-hydrogen) atoms. The first kappa shape index (κ1) is 19.2. The van der Waals surface area contributed by atoms with Gasteiger partial charge in [-0.3, -0.25) is 9.97 Å². The molecule has 1 N–H and O–H groups in total. The van der Waals surface area contributed by atoms with Crippen molar-refractivity contribution in [2.75, 3.05) is 20.3 Å². The lowest BCUT2D eigenvalue weighted by atomic mass is 9.88. The largest absolute Gasteiger partial charge is 0.497 e. The normalized spacial score (nSPS) is 17.9. The van der Waals surface area contributed by atoms with E-state index in [1.165, 1.54) is 0 Å². The SMILES string of the molecule is COc1ccnc(CCOc2ccc3c(c2)[C@@H](O)[C@@H](Cc2cccnc2)CO3)c1. The first-order chi connectivity index (χ1) is 14.2. The van der Waals surface area contributed by atoms with E-state index < -0.39 is 6.10 Å². The van der Waals surface area contributed by atoms with Gasteiger partial charge in [0, 0.05) is 48.3 Å². The number of ether oxygens (including phenoxy) is 3. The molecule has 3 heterocycles. The van der Waals surface area contributed by atoms with E-state index in [0.717, 1.165) is 22.6 Å². The van der Waals surface area contributed by atoms with Crippen molar-refractivity contribution in [3.8, 4) is 17.2 Å². The van der Waals surface area contributed by atoms with Gasteiger partial charge < -0.3 is 19.3 Å². The molecule has 1 aliphatic heterocycles. The van der Waals surface area contributed by atoms with Crippen molar-refractivity contribution in [1.29, 1.82) is 0 Å². The molecular weight excluding hydrogens is 368 g/mol. The molecule has 6 nitrogen and oxygen atoms in total. The van der Waals surface area contributed by atoms with Crippen LogP contribution in [0.1, 0.15) is 22.9 Å². The maximum absolute atomic E-state index is 10.9. The summed E-state index contributed by atoms with van der Waals surface area (Å²) in [6.45, 7) is 0.958. The Balaban J connectivity index is 1.40. The van der Waals surface area contributed by atoms with Gasteiger partial charge in [0.25, 0.3) is 0 Å². The van der Waals surface area contributed by atoms with E-state index in [-0.39, 0.29) is 5.92 Å². The molecule has 0 spiro atoms. The minimum absolute atomic E-state index is 0.0251. The van der Waals surface area contributed by atoms with Crippen LogP contribution in [0.25, 0.3) is 0 Å². The molecule has 0 bridgehead atoms. The number of aromatic nitrogens is 2. The smallest absolute Gasteiger partial charge is 0.125 e. The Morgan fingerprint density at radius 1 is 1.14 bits per heavy atom. The van der Waals surface area contributed by atoms with Crippen molar-refractivity contribution >= 4 is 0 Å². The molecule has 0 fully saturated rings. The molecule has 1 aliphatic rings. The lowest BCUT2D eigenvalue weighted by Gasteiger charge is -2.30. The topological polar surface area (TPSA) is 73.7 Å². The Morgan fingerprint density at radius 3 is 2.90 bits per heavy atom. The zero-order valence-corrected chi connectivity index (χ0v) is 16.3. The molecule has 2 atom stereocenters. The lowest BCUT2D eigenvalue weighted by molar-refractivity contribution is 0.0504. The molecule has 150 valence electrons. The summed E-state index contributed by atoms with van der Waals surface area (Å²) in [7, 11) is 1.64. The maximum Gasteiger partial charge on any atom is 0.125 e. The van der Waals surface area contributed by atoms with Crippen LogP contribution in [-0.4, -0.2) is 35.4 Å². The van der Waals surface area contributed by atoms with Gasteiger partial charge in [0.1, 0.15) is 17.2 Å². The van der Waals surface area contributed by atoms with Gasteiger partial charge in [0.15, 0.2) is 0 Å². The fraction of sp³-hybridized carbons (Fsp3) is 0.304. The van der Waals surface area contributed by atoms with E-state index in [4.69, 9.17) is 14.2 Å². The minimum Gasteiger partial charge on any atom is -0.497 e. The van der Waals surface area contributed by atoms with Crippen molar-refractivity contribution in [1.82, 2.24) is 9.97 Å². The average Bonchev–Trinajstić information content (AvgIpc) is 2.77. The number of pyridine rings is 2. The van der Waals surface area contributed by atoms with Crippen LogP contribution in [0.5, 0.6) is 17.2 Å². The van der Waals surface area contributed by atoms with Gasteiger partial charge in [0.05, 0.1) is 26.4 Å². The number of fused-ring (bicyclic) bond motifs is 1. The molecule has 0 radical (unpaired) electrons. The zero-order chi connectivity index (χ0) is 20.1. The molecule has 0 saturated heterocycles. The number of aliphatic hydroxyl groups is 1. The summed E-state index contributed by atoms with van der Waals surface area (Å²) < 4.78 is 17.0. The fourth-order valence-corrected chi connectivity index (χ4v) is 3.51. The van der Waals surface area contributed by atoms with Crippen molar-refractivity contribution < 1.29 is 19.3 Å². The highest BCUT2D eigenvalue weighted by Gasteiger charge is 2.30. The van der Waals surface area contributed by atoms with Gasteiger partial charge >= 0.3 is 0 Å². The molecule has 2 aromatic heterocycles. The van der Waals surface area contributed by atoms with Gasteiger partial charge in [-0.25, -0.2) is 0 Å². The number of aliphatic hydroxyl groups excluding tert-OH is 1. The van der Waals surface area contributed by atoms with E-state index in [2.05, 4.69) is 9.97 Å². The van der Waals surface area contributed by atoms with Crippen molar-refractivity contribution in [2.24, 2.45) is 5.92 Å². The summed E-state index contributed by atoms with van der Waals surface area (Å²) in [5.41, 5.74) is 2.76. The third kappa shape index (κ3) is 4.66. The first-order valence-corrected chi connectivity index (χ1v) is 9.68. The second-order valence-electron chi connectivity index (χ2n) is 7.07. The third-order valence-corrected chi connectivity index (χ3v) is 5.07. The molecule has 3 aromatic rings. The predicted molar refractivity (Wildman–Crippen MR) is 108 cm³/mol. The highest BCUT2D eigenvalue weighted by molar-refractivity contribution is 5.43. The number of methoxy groups -OCH3 is 1. The molecule has 0 aliphatic carbocycles. The minimum atomic E-state index is -0.609. The summed E-state index contributed by atoms with van der Waals surface area (Å²) in [6.07, 6.45) is 6.06. The van der Waals surface area contributed by atoms with Crippen LogP contribution in [0.4, 0.5) is 0 Å². The Hall–Kier alpha value is -3.12. The number of nitrogens with zero attached hydrogens (tertiary/aromatic N) is 2. The quantitative estimate of drug-likeness (QED) is 0.664. The summed E-state index contributed by atoms with van der Waals surface area (Å²) in [5, 5.41) is 10.9. The number of hydrogen-bond acceptors (Lipinski definition) is 6. The Bertz CT molecular complexity index is 949. The molecule has 4 rings (SSSR count). The standard InChI is InChI=1S/C23H24N2O4/c1-27-19-6-9-25-18(12-19)7-10-28-20-4-5-22-21(13-20)23(26)17(15-29-22)11-16-3-2-8-24-14-16/h2-6,8-9,12-14,17,23,26H,7,10-11,15H2,1H3/t17-,23-/m0/s1. The summed E-state index contributed by atoms with van der Waals surface area (Å²) in [4.78, 5) is 8.47. The van der Waals surface area contributed by atoms with Gasteiger partial charge in [-0.05, 0) is 42.3 Å². The summed E-state index contributed by atoms with van der Waals surface area (Å²) in [5.74, 6) is 2.17. The van der Waals surface area contributed by atoms with Gasteiger partial charge in [-0.15, -0.1) is 0 Å². The highest BCUT2D eigenvalue weighted by atomic mass is 16.5. The Labute approximate surface area is 170 Å². The molecule has 1 aromatic carbocycles. The predicted octanol–water partition coefficient (Wildman–Crippen LogP) is 3.39. The van der Waals surface area contributed by atoms with Crippen LogP contribution in [0, 0.1) is 5.92 Å². The number of rotatable bonds is 7. The number of benzene rings is 1. The van der Waals surface area contributed by atoms with Crippen LogP contribution in [0.15, 0.2) is 61.1 Å². The van der Waals surface area contributed by atoms with E-state index >= 15 is 0 Å². The van der Waals surface area contributed by atoms with E-state index in [1.807, 2.05) is 48.7 Å². The van der Waals surface area contributed by atoms with Gasteiger partial charge in [-0.1, -0.05) is 6.07 Å².